The summed E-state index contributed by atoms with van der Waals surface area (Å²) in [6.45, 7) is 3.90. The number of hydrogen-bond donors (Lipinski definition) is 2. The molecule has 2 N–H and O–H groups in total. The van der Waals surface area contributed by atoms with Gasteiger partial charge in [0.1, 0.15) is 0 Å². The van der Waals surface area contributed by atoms with Crippen molar-refractivity contribution in [2.24, 2.45) is 0 Å². The summed E-state index contributed by atoms with van der Waals surface area (Å²) in [4.78, 5) is 11.4. The highest BCUT2D eigenvalue weighted by Gasteiger charge is 2.18. The lowest BCUT2D eigenvalue weighted by Crippen LogP contribution is -2.32. The molecule has 0 saturated heterocycles. The summed E-state index contributed by atoms with van der Waals surface area (Å²) >= 11 is 11.2. The molecule has 1 aromatic heterocycles. The number of anilines is 1. The molecule has 0 radical (unpaired) electrons. The van der Waals surface area contributed by atoms with Crippen LogP contribution in [-0.4, -0.2) is 32.2 Å². The Bertz CT molecular complexity index is 325. The highest BCUT2D eigenvalue weighted by molar-refractivity contribution is 6.31. The zero-order valence-corrected chi connectivity index (χ0v) is 9.97. The van der Waals surface area contributed by atoms with Crippen LogP contribution < -0.4 is 5.32 Å². The third kappa shape index (κ3) is 4.15. The standard InChI is InChI=1S/C8H12Cl2N4O/c1-8(2,3-4-15)14-7-12-5(9)11-6(10)13-7/h15H,3-4H2,1-2H3,(H,11,12,13,14). The molecule has 15 heavy (non-hydrogen) atoms. The zero-order chi connectivity index (χ0) is 11.5. The van der Waals surface area contributed by atoms with Gasteiger partial charge in [-0.25, -0.2) is 0 Å². The highest BCUT2D eigenvalue weighted by Crippen LogP contribution is 2.16. The molecular weight excluding hydrogens is 239 g/mol. The smallest absolute Gasteiger partial charge is 0.228 e. The number of hydrogen-bond acceptors (Lipinski definition) is 5. The minimum Gasteiger partial charge on any atom is -0.396 e. The van der Waals surface area contributed by atoms with Crippen LogP contribution in [0.15, 0.2) is 0 Å². The van der Waals surface area contributed by atoms with E-state index < -0.39 is 0 Å². The molecule has 0 atom stereocenters. The third-order valence-corrected chi connectivity index (χ3v) is 2.11. The molecule has 0 aliphatic heterocycles. The lowest BCUT2D eigenvalue weighted by atomic mass is 10.0. The maximum atomic E-state index is 8.84. The lowest BCUT2D eigenvalue weighted by molar-refractivity contribution is 0.260. The van der Waals surface area contributed by atoms with Crippen LogP contribution in [0.4, 0.5) is 5.95 Å². The van der Waals surface area contributed by atoms with Gasteiger partial charge in [-0.05, 0) is 43.5 Å². The highest BCUT2D eigenvalue weighted by atomic mass is 35.5. The number of halogens is 2. The molecular formula is C8H12Cl2N4O. The molecule has 1 heterocycles. The van der Waals surface area contributed by atoms with Crippen molar-refractivity contribution in [2.75, 3.05) is 11.9 Å². The third-order valence-electron chi connectivity index (χ3n) is 1.77. The van der Waals surface area contributed by atoms with Crippen molar-refractivity contribution in [3.05, 3.63) is 10.6 Å². The van der Waals surface area contributed by atoms with Gasteiger partial charge < -0.3 is 10.4 Å². The zero-order valence-electron chi connectivity index (χ0n) is 8.46. The van der Waals surface area contributed by atoms with Gasteiger partial charge in [-0.3, -0.25) is 0 Å². The normalized spacial score (nSPS) is 11.5. The van der Waals surface area contributed by atoms with E-state index in [4.69, 9.17) is 28.3 Å². The Labute approximate surface area is 97.9 Å². The van der Waals surface area contributed by atoms with Gasteiger partial charge in [-0.2, -0.15) is 15.0 Å². The minimum atomic E-state index is -0.331. The van der Waals surface area contributed by atoms with Gasteiger partial charge >= 0.3 is 0 Å². The molecule has 0 amide bonds. The number of nitrogens with zero attached hydrogens (tertiary/aromatic N) is 3. The Morgan fingerprint density at radius 2 is 1.73 bits per heavy atom. The fourth-order valence-electron chi connectivity index (χ4n) is 1.03. The summed E-state index contributed by atoms with van der Waals surface area (Å²) in [6, 6.07) is 0. The van der Waals surface area contributed by atoms with Crippen molar-refractivity contribution in [3.8, 4) is 0 Å². The van der Waals surface area contributed by atoms with Crippen molar-refractivity contribution in [1.82, 2.24) is 15.0 Å². The maximum Gasteiger partial charge on any atom is 0.228 e. The van der Waals surface area contributed by atoms with E-state index in [9.17, 15) is 0 Å². The first-order chi connectivity index (χ1) is 6.93. The van der Waals surface area contributed by atoms with Gasteiger partial charge in [0.25, 0.3) is 0 Å². The van der Waals surface area contributed by atoms with Crippen LogP contribution in [0.2, 0.25) is 10.6 Å². The summed E-state index contributed by atoms with van der Waals surface area (Å²) in [5.41, 5.74) is -0.331. The first kappa shape index (κ1) is 12.4. The Morgan fingerprint density at radius 3 is 2.20 bits per heavy atom. The summed E-state index contributed by atoms with van der Waals surface area (Å²) in [7, 11) is 0. The topological polar surface area (TPSA) is 70.9 Å². The van der Waals surface area contributed by atoms with E-state index in [0.29, 0.717) is 12.4 Å². The fraction of sp³-hybridized carbons (Fsp3) is 0.625. The summed E-state index contributed by atoms with van der Waals surface area (Å²) in [5, 5.41) is 11.9. The molecule has 84 valence electrons. The Kier molecular flexibility index (Phi) is 4.07. The molecule has 7 heteroatoms. The number of aromatic nitrogens is 3. The summed E-state index contributed by atoms with van der Waals surface area (Å²) in [6.07, 6.45) is 0.563. The van der Waals surface area contributed by atoms with E-state index >= 15 is 0 Å². The molecule has 0 bridgehead atoms. The van der Waals surface area contributed by atoms with Crippen molar-refractivity contribution >= 4 is 29.2 Å². The molecule has 0 unspecified atom stereocenters. The first-order valence-corrected chi connectivity index (χ1v) is 5.15. The van der Waals surface area contributed by atoms with Gasteiger partial charge in [-0.15, -0.1) is 0 Å². The number of nitrogens with one attached hydrogen (secondary N) is 1. The average Bonchev–Trinajstić information content (AvgIpc) is 1.99. The Morgan fingerprint density at radius 1 is 1.20 bits per heavy atom. The second-order valence-corrected chi connectivity index (χ2v) is 4.36. The molecule has 0 aliphatic carbocycles. The summed E-state index contributed by atoms with van der Waals surface area (Å²) < 4.78 is 0. The van der Waals surface area contributed by atoms with Gasteiger partial charge in [0, 0.05) is 12.1 Å². The van der Waals surface area contributed by atoms with Crippen LogP contribution in [0.5, 0.6) is 0 Å². The summed E-state index contributed by atoms with van der Waals surface area (Å²) in [5.74, 6) is 0.304. The molecule has 1 rings (SSSR count). The quantitative estimate of drug-likeness (QED) is 0.853. The van der Waals surface area contributed by atoms with Crippen molar-refractivity contribution in [2.45, 2.75) is 25.8 Å². The van der Waals surface area contributed by atoms with Gasteiger partial charge in [-0.1, -0.05) is 0 Å². The Balaban J connectivity index is 2.80. The van der Waals surface area contributed by atoms with E-state index in [1.165, 1.54) is 0 Å². The average molecular weight is 251 g/mol. The maximum absolute atomic E-state index is 8.84. The van der Waals surface area contributed by atoms with Crippen LogP contribution >= 0.6 is 23.2 Å². The fourth-order valence-corrected chi connectivity index (χ4v) is 1.39. The number of aliphatic hydroxyl groups is 1. The van der Waals surface area contributed by atoms with Crippen LogP contribution in [0, 0.1) is 0 Å². The first-order valence-electron chi connectivity index (χ1n) is 4.39. The number of aliphatic hydroxyl groups excluding tert-OH is 1. The second-order valence-electron chi connectivity index (χ2n) is 3.68. The van der Waals surface area contributed by atoms with Crippen molar-refractivity contribution in [1.29, 1.82) is 0 Å². The van der Waals surface area contributed by atoms with E-state index in [1.54, 1.807) is 0 Å². The predicted octanol–water partition coefficient (Wildman–Crippen LogP) is 1.75. The molecule has 1 aromatic rings. The van der Waals surface area contributed by atoms with Crippen LogP contribution in [0.1, 0.15) is 20.3 Å². The molecule has 0 aliphatic rings. The molecule has 0 fully saturated rings. The van der Waals surface area contributed by atoms with Crippen molar-refractivity contribution < 1.29 is 5.11 Å². The van der Waals surface area contributed by atoms with E-state index in [-0.39, 0.29) is 22.7 Å². The molecule has 0 saturated carbocycles. The largest absolute Gasteiger partial charge is 0.396 e. The van der Waals surface area contributed by atoms with Crippen molar-refractivity contribution in [3.63, 3.8) is 0 Å². The lowest BCUT2D eigenvalue weighted by Gasteiger charge is -2.25. The van der Waals surface area contributed by atoms with Crippen LogP contribution in [-0.2, 0) is 0 Å². The van der Waals surface area contributed by atoms with Gasteiger partial charge in [0.15, 0.2) is 0 Å². The molecule has 0 aromatic carbocycles. The molecule has 5 nitrogen and oxygen atoms in total. The monoisotopic (exact) mass is 250 g/mol. The van der Waals surface area contributed by atoms with Gasteiger partial charge in [0.2, 0.25) is 16.5 Å². The Hall–Kier alpha value is -0.650. The van der Waals surface area contributed by atoms with E-state index in [1.807, 2.05) is 13.8 Å². The van der Waals surface area contributed by atoms with Crippen LogP contribution in [0.25, 0.3) is 0 Å². The second kappa shape index (κ2) is 4.92. The van der Waals surface area contributed by atoms with Crippen LogP contribution in [0.3, 0.4) is 0 Å². The SMILES string of the molecule is CC(C)(CCO)Nc1nc(Cl)nc(Cl)n1. The molecule has 0 spiro atoms. The van der Waals surface area contributed by atoms with E-state index in [0.717, 1.165) is 0 Å². The minimum absolute atomic E-state index is 0.0392. The predicted molar refractivity (Wildman–Crippen MR) is 59.3 cm³/mol. The number of rotatable bonds is 4. The van der Waals surface area contributed by atoms with E-state index in [2.05, 4.69) is 20.3 Å². The van der Waals surface area contributed by atoms with Gasteiger partial charge in [0.05, 0.1) is 0 Å².